The molecule has 1 amide bonds. The van der Waals surface area contributed by atoms with Crippen molar-refractivity contribution in [2.45, 2.75) is 44.8 Å². The number of aromatic nitrogens is 1. The molecule has 4 aromatic rings. The lowest BCUT2D eigenvalue weighted by Crippen LogP contribution is -2.45. The van der Waals surface area contributed by atoms with Crippen molar-refractivity contribution in [2.24, 2.45) is 5.92 Å². The molecule has 7 rings (SSSR count). The van der Waals surface area contributed by atoms with E-state index in [-0.39, 0.29) is 22.9 Å². The van der Waals surface area contributed by atoms with Gasteiger partial charge in [0.2, 0.25) is 0 Å². The normalized spacial score (nSPS) is 22.1. The number of aliphatic hydroxyl groups is 1. The molecule has 190 valence electrons. The van der Waals surface area contributed by atoms with E-state index in [2.05, 4.69) is 16.7 Å². The van der Waals surface area contributed by atoms with Crippen LogP contribution in [0.5, 0.6) is 0 Å². The lowest BCUT2D eigenvalue weighted by molar-refractivity contribution is -0.129. The molecule has 2 aliphatic heterocycles. The fourth-order valence-electron chi connectivity index (χ4n) is 6.31. The van der Waals surface area contributed by atoms with Crippen LogP contribution in [-0.2, 0) is 22.6 Å². The number of halogens is 1. The van der Waals surface area contributed by atoms with Crippen LogP contribution in [0.1, 0.15) is 42.6 Å². The number of Topliss-reactive ketones (excluding diaryl/α,β-unsaturated/α-hetero) is 1. The predicted octanol–water partition coefficient (Wildman–Crippen LogP) is 6.11. The summed E-state index contributed by atoms with van der Waals surface area (Å²) in [6.07, 6.45) is 2.82. The molecule has 3 aliphatic rings. The maximum Gasteiger partial charge on any atom is 0.262 e. The fraction of sp³-hybridized carbons (Fsp3) is 0.250. The van der Waals surface area contributed by atoms with Crippen LogP contribution in [0.15, 0.2) is 84.1 Å². The monoisotopic (exact) mass is 506 g/mol. The number of para-hydroxylation sites is 1. The van der Waals surface area contributed by atoms with Gasteiger partial charge in [0.05, 0.1) is 6.04 Å². The Morgan fingerprint density at radius 3 is 2.26 bits per heavy atom. The van der Waals surface area contributed by atoms with Crippen molar-refractivity contribution in [1.82, 2.24) is 9.47 Å². The molecule has 3 aromatic carbocycles. The van der Waals surface area contributed by atoms with E-state index in [1.165, 1.54) is 31.9 Å². The Morgan fingerprint density at radius 2 is 1.61 bits per heavy atom. The van der Waals surface area contributed by atoms with Gasteiger partial charge >= 0.3 is 0 Å². The number of carbonyl (C=O) groups excluding carboxylic acids is 2. The van der Waals surface area contributed by atoms with Crippen LogP contribution < -0.4 is 0 Å². The minimum Gasteiger partial charge on any atom is -0.512 e. The number of nitrogens with zero attached hydrogens (tertiary/aromatic N) is 2. The third kappa shape index (κ3) is 3.43. The Kier molecular flexibility index (Phi) is 5.09. The average molecular weight is 507 g/mol. The molecule has 3 heterocycles. The van der Waals surface area contributed by atoms with Crippen molar-refractivity contribution in [3.63, 3.8) is 0 Å². The molecular formula is C32H27FN2O3. The number of ketones is 1. The number of benzene rings is 3. The van der Waals surface area contributed by atoms with Gasteiger partial charge in [0.25, 0.3) is 5.91 Å². The van der Waals surface area contributed by atoms with E-state index in [0.717, 1.165) is 45.4 Å². The maximum atomic E-state index is 13.7. The standard InChI is InChI=1S/C32H27FN2O3/c1-18(36)28-31(37)27-16-25-24-4-2-3-5-26(24)34(17-19-6-7-19)30(25)29(35(27)32(28)38)22-10-8-20(9-11-22)21-12-14-23(33)15-13-21/h2-5,8-15,19,27,29,36H,6-7,16-17H2,1H3/b28-18-/t27-,29+/m0/s1. The van der Waals surface area contributed by atoms with Gasteiger partial charge in [-0.2, -0.15) is 0 Å². The molecule has 0 spiro atoms. The van der Waals surface area contributed by atoms with E-state index in [9.17, 15) is 19.1 Å². The summed E-state index contributed by atoms with van der Waals surface area (Å²) in [4.78, 5) is 28.9. The van der Waals surface area contributed by atoms with Crippen LogP contribution in [0, 0.1) is 11.7 Å². The molecule has 2 atom stereocenters. The zero-order chi connectivity index (χ0) is 26.1. The minimum atomic E-state index is -0.658. The first-order valence-corrected chi connectivity index (χ1v) is 13.1. The third-order valence-corrected chi connectivity index (χ3v) is 8.29. The van der Waals surface area contributed by atoms with Crippen LogP contribution in [0.4, 0.5) is 4.39 Å². The Morgan fingerprint density at radius 1 is 0.947 bits per heavy atom. The first kappa shape index (κ1) is 23.0. The molecule has 5 nitrogen and oxygen atoms in total. The van der Waals surface area contributed by atoms with Crippen LogP contribution >= 0.6 is 0 Å². The summed E-state index contributed by atoms with van der Waals surface area (Å²) in [6, 6.07) is 21.5. The van der Waals surface area contributed by atoms with E-state index in [0.29, 0.717) is 12.3 Å². The molecule has 2 fully saturated rings. The number of fused-ring (bicyclic) bond motifs is 4. The lowest BCUT2D eigenvalue weighted by atomic mass is 9.87. The molecule has 0 unspecified atom stereocenters. The summed E-state index contributed by atoms with van der Waals surface area (Å²) in [6.45, 7) is 2.29. The quantitative estimate of drug-likeness (QED) is 0.206. The molecule has 1 saturated carbocycles. The average Bonchev–Trinajstić information content (AvgIpc) is 3.64. The fourth-order valence-corrected chi connectivity index (χ4v) is 6.31. The first-order valence-electron chi connectivity index (χ1n) is 13.1. The largest absolute Gasteiger partial charge is 0.512 e. The minimum absolute atomic E-state index is 0.105. The molecule has 0 radical (unpaired) electrons. The van der Waals surface area contributed by atoms with Gasteiger partial charge in [-0.05, 0) is 66.1 Å². The Bertz CT molecular complexity index is 1640. The van der Waals surface area contributed by atoms with Crippen molar-refractivity contribution in [1.29, 1.82) is 0 Å². The van der Waals surface area contributed by atoms with Crippen molar-refractivity contribution in [2.75, 3.05) is 0 Å². The lowest BCUT2D eigenvalue weighted by Gasteiger charge is -2.38. The molecule has 1 aliphatic carbocycles. The molecule has 6 heteroatoms. The number of hydrogen-bond acceptors (Lipinski definition) is 3. The smallest absolute Gasteiger partial charge is 0.262 e. The predicted molar refractivity (Wildman–Crippen MR) is 143 cm³/mol. The summed E-state index contributed by atoms with van der Waals surface area (Å²) in [5.74, 6) is -0.626. The van der Waals surface area contributed by atoms with E-state index >= 15 is 0 Å². The van der Waals surface area contributed by atoms with Crippen molar-refractivity contribution >= 4 is 22.6 Å². The molecular weight excluding hydrogens is 479 g/mol. The summed E-state index contributed by atoms with van der Waals surface area (Å²) in [5, 5.41) is 11.4. The van der Waals surface area contributed by atoms with Crippen molar-refractivity contribution in [3.8, 4) is 11.1 Å². The maximum absolute atomic E-state index is 13.7. The molecule has 1 aromatic heterocycles. The third-order valence-electron chi connectivity index (χ3n) is 8.29. The Balaban J connectivity index is 1.43. The van der Waals surface area contributed by atoms with Gasteiger partial charge in [-0.15, -0.1) is 0 Å². The summed E-state index contributed by atoms with van der Waals surface area (Å²) in [7, 11) is 0. The van der Waals surface area contributed by atoms with E-state index in [1.54, 1.807) is 17.0 Å². The van der Waals surface area contributed by atoms with Crippen molar-refractivity contribution < 1.29 is 19.1 Å². The molecule has 1 saturated heterocycles. The van der Waals surface area contributed by atoms with Crippen LogP contribution in [-0.4, -0.2) is 32.3 Å². The molecule has 0 bridgehead atoms. The van der Waals surface area contributed by atoms with Crippen LogP contribution in [0.3, 0.4) is 0 Å². The highest BCUT2D eigenvalue weighted by molar-refractivity contribution is 6.27. The SMILES string of the molecule is C/C(O)=C1\C(=O)[C@@H]2Cc3c(n(CC4CC4)c4ccccc34)[C@@H](c3ccc(-c4ccc(F)cc4)cc3)N2C1=O. The van der Waals surface area contributed by atoms with Gasteiger partial charge < -0.3 is 14.6 Å². The van der Waals surface area contributed by atoms with Crippen LogP contribution in [0.25, 0.3) is 22.0 Å². The zero-order valence-electron chi connectivity index (χ0n) is 21.0. The van der Waals surface area contributed by atoms with Gasteiger partial charge in [-0.1, -0.05) is 54.6 Å². The van der Waals surface area contributed by atoms with E-state index in [1.807, 2.05) is 36.4 Å². The van der Waals surface area contributed by atoms with Gasteiger partial charge in [0.1, 0.15) is 23.2 Å². The van der Waals surface area contributed by atoms with Gasteiger partial charge in [-0.25, -0.2) is 4.39 Å². The Hall–Kier alpha value is -4.19. The van der Waals surface area contributed by atoms with Gasteiger partial charge in [-0.3, -0.25) is 9.59 Å². The summed E-state index contributed by atoms with van der Waals surface area (Å²) < 4.78 is 15.8. The number of aliphatic hydroxyl groups excluding tert-OH is 1. The second-order valence-electron chi connectivity index (χ2n) is 10.7. The van der Waals surface area contributed by atoms with Gasteiger partial charge in [0, 0.05) is 29.6 Å². The molecule has 38 heavy (non-hydrogen) atoms. The van der Waals surface area contributed by atoms with E-state index in [4.69, 9.17) is 0 Å². The van der Waals surface area contributed by atoms with Crippen molar-refractivity contribution in [3.05, 3.63) is 107 Å². The summed E-state index contributed by atoms with van der Waals surface area (Å²) in [5.41, 5.74) is 5.93. The topological polar surface area (TPSA) is 62.5 Å². The highest BCUT2D eigenvalue weighted by atomic mass is 19.1. The zero-order valence-corrected chi connectivity index (χ0v) is 21.0. The highest BCUT2D eigenvalue weighted by Crippen LogP contribution is 2.47. The van der Waals surface area contributed by atoms with Crippen LogP contribution in [0.2, 0.25) is 0 Å². The first-order chi connectivity index (χ1) is 18.4. The van der Waals surface area contributed by atoms with E-state index < -0.39 is 18.0 Å². The number of amides is 1. The second-order valence-corrected chi connectivity index (χ2v) is 10.7. The second kappa shape index (κ2) is 8.42. The Labute approximate surface area is 219 Å². The highest BCUT2D eigenvalue weighted by Gasteiger charge is 2.52. The number of carbonyl (C=O) groups is 2. The number of allylic oxidation sites excluding steroid dienone is 1. The number of hydrogen-bond donors (Lipinski definition) is 1. The number of rotatable bonds is 4. The van der Waals surface area contributed by atoms with Gasteiger partial charge in [0.15, 0.2) is 5.78 Å². The molecule has 1 N–H and O–H groups in total. The summed E-state index contributed by atoms with van der Waals surface area (Å²) >= 11 is 0.